The van der Waals surface area contributed by atoms with Crippen LogP contribution in [0.5, 0.6) is 0 Å². The van der Waals surface area contributed by atoms with Crippen LogP contribution in [-0.2, 0) is 0 Å². The monoisotopic (exact) mass is 152 g/mol. The van der Waals surface area contributed by atoms with Crippen molar-refractivity contribution < 1.29 is 0 Å². The number of halogens is 1. The van der Waals surface area contributed by atoms with E-state index in [4.69, 9.17) is 11.6 Å². The van der Waals surface area contributed by atoms with E-state index in [0.29, 0.717) is 5.16 Å². The van der Waals surface area contributed by atoms with Gasteiger partial charge in [0.15, 0.2) is 0 Å². The van der Waals surface area contributed by atoms with Crippen molar-refractivity contribution in [3.8, 4) is 0 Å². The third-order valence-electron chi connectivity index (χ3n) is 1.49. The normalized spacial score (nSPS) is 21.5. The van der Waals surface area contributed by atoms with E-state index in [0.717, 1.165) is 17.7 Å². The lowest BCUT2D eigenvalue weighted by Crippen LogP contribution is -2.03. The molecule has 0 bridgehead atoms. The Bertz CT molecular complexity index is 284. The van der Waals surface area contributed by atoms with Gasteiger partial charge in [0.2, 0.25) is 0 Å². The van der Waals surface area contributed by atoms with Crippen molar-refractivity contribution in [3.05, 3.63) is 23.0 Å². The first-order valence-corrected chi connectivity index (χ1v) is 3.41. The predicted octanol–water partition coefficient (Wildman–Crippen LogP) is 1.88. The molecule has 2 heterocycles. The standard InChI is InChI=1S/C7H5ClN2/c8-7-5-1-3-9-6(5)2-4-10-7/h1,3-4H,2H2. The topological polar surface area (TPSA) is 24.7 Å². The second-order valence-corrected chi connectivity index (χ2v) is 2.47. The fourth-order valence-corrected chi connectivity index (χ4v) is 1.24. The molecular formula is C7H5ClN2. The van der Waals surface area contributed by atoms with Gasteiger partial charge in [-0.2, -0.15) is 0 Å². The minimum atomic E-state index is 0.554. The minimum absolute atomic E-state index is 0.554. The molecule has 0 amide bonds. The van der Waals surface area contributed by atoms with E-state index in [1.54, 1.807) is 12.4 Å². The van der Waals surface area contributed by atoms with Gasteiger partial charge in [-0.3, -0.25) is 4.99 Å². The van der Waals surface area contributed by atoms with Crippen LogP contribution in [0, 0.1) is 0 Å². The molecule has 0 saturated carbocycles. The molecule has 0 spiro atoms. The molecule has 2 aliphatic rings. The van der Waals surface area contributed by atoms with E-state index in [-0.39, 0.29) is 0 Å². The summed E-state index contributed by atoms with van der Waals surface area (Å²) in [6.45, 7) is 0. The van der Waals surface area contributed by atoms with E-state index in [9.17, 15) is 0 Å². The van der Waals surface area contributed by atoms with Crippen molar-refractivity contribution in [1.29, 1.82) is 0 Å². The lowest BCUT2D eigenvalue weighted by Gasteiger charge is -2.04. The first-order valence-electron chi connectivity index (χ1n) is 3.04. The van der Waals surface area contributed by atoms with Crippen LogP contribution in [-0.4, -0.2) is 11.9 Å². The number of aliphatic imine (C=N–C) groups is 2. The summed E-state index contributed by atoms with van der Waals surface area (Å²) in [5.41, 5.74) is 2.00. The van der Waals surface area contributed by atoms with Gasteiger partial charge >= 0.3 is 0 Å². The van der Waals surface area contributed by atoms with Crippen LogP contribution in [0.3, 0.4) is 0 Å². The summed E-state index contributed by atoms with van der Waals surface area (Å²) in [7, 11) is 0. The van der Waals surface area contributed by atoms with Gasteiger partial charge in [-0.15, -0.1) is 0 Å². The van der Waals surface area contributed by atoms with E-state index in [1.165, 1.54) is 0 Å². The summed E-state index contributed by atoms with van der Waals surface area (Å²) in [5.74, 6) is 0. The number of hydrogen-bond donors (Lipinski definition) is 0. The molecule has 3 heteroatoms. The van der Waals surface area contributed by atoms with Crippen molar-refractivity contribution in [2.45, 2.75) is 6.42 Å². The molecule has 10 heavy (non-hydrogen) atoms. The first-order chi connectivity index (χ1) is 4.88. The Hall–Kier alpha value is -0.890. The fourth-order valence-electron chi connectivity index (χ4n) is 1.000. The molecule has 0 aromatic carbocycles. The third kappa shape index (κ3) is 0.727. The number of hydrogen-bond acceptors (Lipinski definition) is 2. The number of fused-ring (bicyclic) bond motifs is 1. The molecule has 2 aliphatic heterocycles. The Morgan fingerprint density at radius 1 is 1.50 bits per heavy atom. The van der Waals surface area contributed by atoms with Gasteiger partial charge in [-0.05, 0) is 6.08 Å². The number of allylic oxidation sites excluding steroid dienone is 2. The number of rotatable bonds is 0. The van der Waals surface area contributed by atoms with Crippen LogP contribution in [0.1, 0.15) is 6.42 Å². The minimum Gasteiger partial charge on any atom is -0.260 e. The maximum absolute atomic E-state index is 5.77. The molecule has 0 saturated heterocycles. The zero-order chi connectivity index (χ0) is 6.97. The van der Waals surface area contributed by atoms with Crippen LogP contribution in [0.15, 0.2) is 33.0 Å². The van der Waals surface area contributed by atoms with Gasteiger partial charge in [-0.25, -0.2) is 4.99 Å². The van der Waals surface area contributed by atoms with E-state index < -0.39 is 0 Å². The van der Waals surface area contributed by atoms with Crippen LogP contribution in [0.4, 0.5) is 0 Å². The zero-order valence-electron chi connectivity index (χ0n) is 5.21. The highest BCUT2D eigenvalue weighted by Crippen LogP contribution is 2.22. The molecule has 0 N–H and O–H groups in total. The smallest absolute Gasteiger partial charge is 0.137 e. The molecule has 0 unspecified atom stereocenters. The average Bonchev–Trinajstić information content (AvgIpc) is 2.36. The van der Waals surface area contributed by atoms with Crippen molar-refractivity contribution in [2.24, 2.45) is 9.98 Å². The Labute approximate surface area is 63.6 Å². The highest BCUT2D eigenvalue weighted by atomic mass is 35.5. The van der Waals surface area contributed by atoms with Gasteiger partial charge in [-0.1, -0.05) is 11.6 Å². The largest absolute Gasteiger partial charge is 0.260 e. The molecule has 0 radical (unpaired) electrons. The Morgan fingerprint density at radius 3 is 3.20 bits per heavy atom. The van der Waals surface area contributed by atoms with Gasteiger partial charge in [0.1, 0.15) is 5.16 Å². The molecular weight excluding hydrogens is 148 g/mol. The van der Waals surface area contributed by atoms with Crippen LogP contribution in [0.25, 0.3) is 0 Å². The van der Waals surface area contributed by atoms with E-state index in [1.807, 2.05) is 6.08 Å². The van der Waals surface area contributed by atoms with Crippen molar-refractivity contribution in [1.82, 2.24) is 0 Å². The maximum Gasteiger partial charge on any atom is 0.137 e. The molecule has 50 valence electrons. The molecule has 0 aromatic rings. The average molecular weight is 153 g/mol. The summed E-state index contributed by atoms with van der Waals surface area (Å²) in [6, 6.07) is 0. The van der Waals surface area contributed by atoms with Crippen molar-refractivity contribution in [2.75, 3.05) is 0 Å². The van der Waals surface area contributed by atoms with Gasteiger partial charge in [0, 0.05) is 24.4 Å². The van der Waals surface area contributed by atoms with Crippen LogP contribution >= 0.6 is 11.6 Å². The highest BCUT2D eigenvalue weighted by molar-refractivity contribution is 6.34. The molecule has 0 atom stereocenters. The predicted molar refractivity (Wildman–Crippen MR) is 42.6 cm³/mol. The lowest BCUT2D eigenvalue weighted by molar-refractivity contribution is 1.39. The van der Waals surface area contributed by atoms with Crippen molar-refractivity contribution in [3.63, 3.8) is 0 Å². The van der Waals surface area contributed by atoms with E-state index in [2.05, 4.69) is 9.98 Å². The van der Waals surface area contributed by atoms with Gasteiger partial charge < -0.3 is 0 Å². The summed E-state index contributed by atoms with van der Waals surface area (Å²) < 4.78 is 0. The highest BCUT2D eigenvalue weighted by Gasteiger charge is 2.14. The summed E-state index contributed by atoms with van der Waals surface area (Å²) >= 11 is 5.77. The molecule has 2 rings (SSSR count). The van der Waals surface area contributed by atoms with Crippen LogP contribution in [0.2, 0.25) is 0 Å². The zero-order valence-corrected chi connectivity index (χ0v) is 5.97. The second kappa shape index (κ2) is 2.06. The third-order valence-corrected chi connectivity index (χ3v) is 1.80. The maximum atomic E-state index is 5.77. The Balaban J connectivity index is 2.53. The molecule has 2 nitrogen and oxygen atoms in total. The summed E-state index contributed by atoms with van der Waals surface area (Å²) in [5, 5.41) is 0.554. The Morgan fingerprint density at radius 2 is 2.40 bits per heavy atom. The molecule has 0 fully saturated rings. The quantitative estimate of drug-likeness (QED) is 0.474. The van der Waals surface area contributed by atoms with Crippen molar-refractivity contribution >= 4 is 23.5 Å². The molecule has 0 aromatic heterocycles. The SMILES string of the molecule is ClC1=C2C=CN=C2CC=N1. The molecule has 0 aliphatic carbocycles. The Kier molecular flexibility index (Phi) is 1.21. The second-order valence-electron chi connectivity index (χ2n) is 2.11. The first kappa shape index (κ1) is 5.86. The van der Waals surface area contributed by atoms with E-state index >= 15 is 0 Å². The lowest BCUT2D eigenvalue weighted by atomic mass is 10.1. The summed E-state index contributed by atoms with van der Waals surface area (Å²) in [4.78, 5) is 8.07. The van der Waals surface area contributed by atoms with Crippen LogP contribution < -0.4 is 0 Å². The number of nitrogens with zero attached hydrogens (tertiary/aromatic N) is 2. The van der Waals surface area contributed by atoms with Gasteiger partial charge in [0.25, 0.3) is 0 Å². The van der Waals surface area contributed by atoms with Gasteiger partial charge in [0.05, 0.1) is 5.71 Å². The fraction of sp³-hybridized carbons (Fsp3) is 0.143. The summed E-state index contributed by atoms with van der Waals surface area (Å²) in [6.07, 6.45) is 6.21.